The van der Waals surface area contributed by atoms with Gasteiger partial charge in [-0.1, -0.05) is 6.08 Å². The summed E-state index contributed by atoms with van der Waals surface area (Å²) in [6.45, 7) is 5.29. The molecule has 0 saturated carbocycles. The van der Waals surface area contributed by atoms with Crippen molar-refractivity contribution in [2.75, 3.05) is 0 Å². The summed E-state index contributed by atoms with van der Waals surface area (Å²) in [7, 11) is 0. The van der Waals surface area contributed by atoms with E-state index in [1.807, 2.05) is 0 Å². The van der Waals surface area contributed by atoms with E-state index < -0.39 is 17.7 Å². The standard InChI is InChI=1S/C10H17NO4/c1-10(2,3)15-9(14)11-7-5-4-6-8(12)13/h5,7H,4,6H2,1-3H3,(H,11,14)(H,12,13). The lowest BCUT2D eigenvalue weighted by molar-refractivity contribution is -0.136. The van der Waals surface area contributed by atoms with Crippen LogP contribution in [0.5, 0.6) is 0 Å². The third-order valence-corrected chi connectivity index (χ3v) is 1.24. The van der Waals surface area contributed by atoms with Gasteiger partial charge in [0.05, 0.1) is 0 Å². The van der Waals surface area contributed by atoms with Crippen LogP contribution in [0.15, 0.2) is 12.3 Å². The summed E-state index contributed by atoms with van der Waals surface area (Å²) >= 11 is 0. The zero-order valence-electron chi connectivity index (χ0n) is 9.24. The SMILES string of the molecule is CC(C)(C)OC(=O)NC=CCCC(=O)O. The van der Waals surface area contributed by atoms with E-state index in [1.165, 1.54) is 6.20 Å². The highest BCUT2D eigenvalue weighted by atomic mass is 16.6. The van der Waals surface area contributed by atoms with Crippen molar-refractivity contribution in [1.82, 2.24) is 5.32 Å². The van der Waals surface area contributed by atoms with Crippen molar-refractivity contribution in [3.8, 4) is 0 Å². The van der Waals surface area contributed by atoms with Crippen LogP contribution in [-0.2, 0) is 9.53 Å². The molecule has 0 bridgehead atoms. The van der Waals surface area contributed by atoms with E-state index in [0.29, 0.717) is 6.42 Å². The highest BCUT2D eigenvalue weighted by Gasteiger charge is 2.14. The summed E-state index contributed by atoms with van der Waals surface area (Å²) in [5.41, 5.74) is -0.529. The van der Waals surface area contributed by atoms with E-state index in [-0.39, 0.29) is 6.42 Å². The molecule has 0 aromatic carbocycles. The van der Waals surface area contributed by atoms with Crippen LogP contribution in [-0.4, -0.2) is 22.8 Å². The van der Waals surface area contributed by atoms with Gasteiger partial charge in [-0.2, -0.15) is 0 Å². The number of hydrogen-bond donors (Lipinski definition) is 2. The van der Waals surface area contributed by atoms with E-state index in [0.717, 1.165) is 0 Å². The van der Waals surface area contributed by atoms with Crippen molar-refractivity contribution in [2.45, 2.75) is 39.2 Å². The van der Waals surface area contributed by atoms with Gasteiger partial charge in [0.15, 0.2) is 0 Å². The van der Waals surface area contributed by atoms with Crippen LogP contribution < -0.4 is 5.32 Å². The summed E-state index contributed by atoms with van der Waals surface area (Å²) in [4.78, 5) is 21.2. The lowest BCUT2D eigenvalue weighted by Gasteiger charge is -2.18. The van der Waals surface area contributed by atoms with Crippen LogP contribution in [0.25, 0.3) is 0 Å². The average molecular weight is 215 g/mol. The highest BCUT2D eigenvalue weighted by Crippen LogP contribution is 2.06. The summed E-state index contributed by atoms with van der Waals surface area (Å²) in [6, 6.07) is 0. The van der Waals surface area contributed by atoms with Gasteiger partial charge in [-0.25, -0.2) is 4.79 Å². The first kappa shape index (κ1) is 13.5. The molecule has 0 spiro atoms. The molecule has 0 rings (SSSR count). The molecule has 0 aliphatic heterocycles. The maximum atomic E-state index is 11.1. The third kappa shape index (κ3) is 10.4. The molecule has 0 heterocycles. The van der Waals surface area contributed by atoms with Crippen LogP contribution in [0.3, 0.4) is 0 Å². The number of ether oxygens (including phenoxy) is 1. The van der Waals surface area contributed by atoms with Crippen LogP contribution in [0.4, 0.5) is 4.79 Å². The van der Waals surface area contributed by atoms with Gasteiger partial charge in [-0.3, -0.25) is 10.1 Å². The van der Waals surface area contributed by atoms with Gasteiger partial charge in [0.25, 0.3) is 0 Å². The van der Waals surface area contributed by atoms with Crippen molar-refractivity contribution in [3.05, 3.63) is 12.3 Å². The Morgan fingerprint density at radius 3 is 2.47 bits per heavy atom. The van der Waals surface area contributed by atoms with Crippen molar-refractivity contribution in [3.63, 3.8) is 0 Å². The topological polar surface area (TPSA) is 75.6 Å². The molecule has 0 radical (unpaired) electrons. The Labute approximate surface area is 89.1 Å². The van der Waals surface area contributed by atoms with E-state index in [4.69, 9.17) is 9.84 Å². The molecule has 5 heteroatoms. The van der Waals surface area contributed by atoms with E-state index in [1.54, 1.807) is 26.8 Å². The van der Waals surface area contributed by atoms with Gasteiger partial charge >= 0.3 is 12.1 Å². The first-order chi connectivity index (χ1) is 6.81. The van der Waals surface area contributed by atoms with E-state index in [9.17, 15) is 9.59 Å². The first-order valence-corrected chi connectivity index (χ1v) is 4.67. The number of carbonyl (C=O) groups is 2. The monoisotopic (exact) mass is 215 g/mol. The summed E-state index contributed by atoms with van der Waals surface area (Å²) in [5.74, 6) is -0.864. The average Bonchev–Trinajstić information content (AvgIpc) is 1.99. The molecule has 0 aromatic rings. The zero-order chi connectivity index (χ0) is 11.9. The number of alkyl carbamates (subject to hydrolysis) is 1. The number of amides is 1. The van der Waals surface area contributed by atoms with Crippen LogP contribution in [0, 0.1) is 0 Å². The molecule has 0 aromatic heterocycles. The summed E-state index contributed by atoms with van der Waals surface area (Å²) in [5, 5.41) is 10.7. The second kappa shape index (κ2) is 6.06. The Hall–Kier alpha value is -1.52. The van der Waals surface area contributed by atoms with Crippen molar-refractivity contribution in [1.29, 1.82) is 0 Å². The second-order valence-corrected chi connectivity index (χ2v) is 3.98. The number of rotatable bonds is 4. The van der Waals surface area contributed by atoms with Crippen LogP contribution in [0.1, 0.15) is 33.6 Å². The van der Waals surface area contributed by atoms with Gasteiger partial charge < -0.3 is 9.84 Å². The summed E-state index contributed by atoms with van der Waals surface area (Å²) in [6.07, 6.45) is 2.83. The van der Waals surface area contributed by atoms with Crippen molar-refractivity contribution in [2.24, 2.45) is 0 Å². The minimum atomic E-state index is -0.864. The number of carbonyl (C=O) groups excluding carboxylic acids is 1. The minimum absolute atomic E-state index is 0.0481. The normalized spacial score (nSPS) is 11.4. The number of nitrogens with one attached hydrogen (secondary N) is 1. The Bertz CT molecular complexity index is 253. The summed E-state index contributed by atoms with van der Waals surface area (Å²) < 4.78 is 4.95. The van der Waals surface area contributed by atoms with Crippen molar-refractivity contribution >= 4 is 12.1 Å². The fourth-order valence-electron chi connectivity index (χ4n) is 0.725. The number of carboxylic acids is 1. The predicted molar refractivity (Wildman–Crippen MR) is 55.4 cm³/mol. The minimum Gasteiger partial charge on any atom is -0.481 e. The van der Waals surface area contributed by atoms with Gasteiger partial charge in [0, 0.05) is 12.6 Å². The molecule has 0 aliphatic rings. The molecule has 0 saturated heterocycles. The third-order valence-electron chi connectivity index (χ3n) is 1.24. The number of aliphatic carboxylic acids is 1. The van der Waals surface area contributed by atoms with Crippen LogP contribution >= 0.6 is 0 Å². The van der Waals surface area contributed by atoms with Crippen molar-refractivity contribution < 1.29 is 19.4 Å². The molecule has 0 fully saturated rings. The Kier molecular flexibility index (Phi) is 5.44. The largest absolute Gasteiger partial charge is 0.481 e. The lowest BCUT2D eigenvalue weighted by Crippen LogP contribution is -2.29. The second-order valence-electron chi connectivity index (χ2n) is 3.98. The van der Waals surface area contributed by atoms with E-state index >= 15 is 0 Å². The molecule has 1 amide bonds. The van der Waals surface area contributed by atoms with Gasteiger partial charge in [-0.15, -0.1) is 0 Å². The molecule has 15 heavy (non-hydrogen) atoms. The molecular formula is C10H17NO4. The Morgan fingerprint density at radius 1 is 1.40 bits per heavy atom. The maximum Gasteiger partial charge on any atom is 0.411 e. The van der Waals surface area contributed by atoms with Gasteiger partial charge in [0.1, 0.15) is 5.60 Å². The molecule has 5 nitrogen and oxygen atoms in total. The molecular weight excluding hydrogens is 198 g/mol. The number of allylic oxidation sites excluding steroid dienone is 1. The molecule has 0 atom stereocenters. The molecule has 0 unspecified atom stereocenters. The van der Waals surface area contributed by atoms with Gasteiger partial charge in [-0.05, 0) is 27.2 Å². The molecule has 2 N–H and O–H groups in total. The first-order valence-electron chi connectivity index (χ1n) is 4.67. The number of hydrogen-bond acceptors (Lipinski definition) is 3. The smallest absolute Gasteiger partial charge is 0.411 e. The van der Waals surface area contributed by atoms with E-state index in [2.05, 4.69) is 5.32 Å². The van der Waals surface area contributed by atoms with Gasteiger partial charge in [0.2, 0.25) is 0 Å². The fourth-order valence-corrected chi connectivity index (χ4v) is 0.725. The molecule has 0 aliphatic carbocycles. The fraction of sp³-hybridized carbons (Fsp3) is 0.600. The molecule has 86 valence electrons. The predicted octanol–water partition coefficient (Wildman–Crippen LogP) is 1.89. The zero-order valence-corrected chi connectivity index (χ0v) is 9.24. The highest BCUT2D eigenvalue weighted by molar-refractivity contribution is 5.69. The van der Waals surface area contributed by atoms with Crippen LogP contribution in [0.2, 0.25) is 0 Å². The quantitative estimate of drug-likeness (QED) is 0.750. The lowest BCUT2D eigenvalue weighted by atomic mass is 10.2. The number of carboxylic acid groups (broad SMARTS) is 1. The Balaban J connectivity index is 3.67. The Morgan fingerprint density at radius 2 is 2.00 bits per heavy atom. The maximum absolute atomic E-state index is 11.1.